The summed E-state index contributed by atoms with van der Waals surface area (Å²) in [7, 11) is 0. The average Bonchev–Trinajstić information content (AvgIpc) is 2.64. The molecule has 1 heterocycles. The molecule has 1 aliphatic heterocycles. The Kier molecular flexibility index (Phi) is 5.80. The molecule has 0 aliphatic carbocycles. The fourth-order valence-electron chi connectivity index (χ4n) is 1.86. The highest BCUT2D eigenvalue weighted by Gasteiger charge is 2.39. The second-order valence-electron chi connectivity index (χ2n) is 4.12. The highest BCUT2D eigenvalue weighted by atomic mass is 32.1. The van der Waals surface area contributed by atoms with E-state index in [1.165, 1.54) is 5.06 Å². The number of carbonyl (C=O) groups excluding carboxylic acids is 1. The van der Waals surface area contributed by atoms with Crippen molar-refractivity contribution < 1.29 is 9.63 Å². The summed E-state index contributed by atoms with van der Waals surface area (Å²) in [5.74, 6) is 0. The highest BCUT2D eigenvalue weighted by Crippen LogP contribution is 2.21. The van der Waals surface area contributed by atoms with Crippen molar-refractivity contribution >= 4 is 18.8 Å². The number of carbonyl (C=O) groups is 1. The first-order chi connectivity index (χ1) is 8.15. The number of urea groups is 1. The topological polar surface area (TPSA) is 44.8 Å². The number of rotatable bonds is 7. The van der Waals surface area contributed by atoms with Crippen molar-refractivity contribution in [3.63, 3.8) is 0 Å². The van der Waals surface area contributed by atoms with Crippen LogP contribution >= 0.6 is 12.8 Å². The van der Waals surface area contributed by atoms with E-state index >= 15 is 0 Å². The van der Waals surface area contributed by atoms with Crippen molar-refractivity contribution in [2.45, 2.75) is 32.4 Å². The van der Waals surface area contributed by atoms with Crippen molar-refractivity contribution in [3.8, 4) is 0 Å². The molecular weight excluding hydrogens is 238 g/mol. The predicted molar refractivity (Wildman–Crippen MR) is 70.6 cm³/mol. The fourth-order valence-corrected chi connectivity index (χ4v) is 2.13. The number of nitrogens with one attached hydrogen (secondary N) is 1. The van der Waals surface area contributed by atoms with Gasteiger partial charge in [-0.25, -0.2) is 4.79 Å². The molecule has 98 valence electrons. The van der Waals surface area contributed by atoms with Gasteiger partial charge in [-0.2, -0.15) is 5.06 Å². The molecule has 1 aliphatic rings. The Morgan fingerprint density at radius 1 is 1.76 bits per heavy atom. The molecule has 1 fully saturated rings. The van der Waals surface area contributed by atoms with Crippen molar-refractivity contribution in [2.75, 3.05) is 19.7 Å². The van der Waals surface area contributed by atoms with Crippen LogP contribution in [-0.2, 0) is 4.84 Å². The summed E-state index contributed by atoms with van der Waals surface area (Å²) in [6.45, 7) is 9.33. The lowest BCUT2D eigenvalue weighted by Crippen LogP contribution is -2.41. The number of thiol groups is 1. The second-order valence-corrected chi connectivity index (χ2v) is 4.43. The normalized spacial score (nSPS) is 22.1. The first-order valence-electron chi connectivity index (χ1n) is 5.86. The zero-order valence-corrected chi connectivity index (χ0v) is 11.3. The summed E-state index contributed by atoms with van der Waals surface area (Å²) in [6, 6.07) is 0.144. The van der Waals surface area contributed by atoms with E-state index in [2.05, 4.69) is 24.1 Å². The van der Waals surface area contributed by atoms with Crippen LogP contribution in [0.1, 0.15) is 20.3 Å². The molecule has 1 saturated heterocycles. The Morgan fingerprint density at radius 3 is 3.00 bits per heavy atom. The average molecular weight is 259 g/mol. The fraction of sp³-hybridized carbons (Fsp3) is 0.727. The zero-order valence-electron chi connectivity index (χ0n) is 10.4. The lowest BCUT2D eigenvalue weighted by Gasteiger charge is -2.23. The van der Waals surface area contributed by atoms with Crippen LogP contribution in [-0.4, -0.2) is 47.8 Å². The van der Waals surface area contributed by atoms with E-state index < -0.39 is 0 Å². The van der Waals surface area contributed by atoms with Gasteiger partial charge in [0, 0.05) is 19.1 Å². The van der Waals surface area contributed by atoms with Crippen molar-refractivity contribution in [1.29, 1.82) is 0 Å². The van der Waals surface area contributed by atoms with Gasteiger partial charge in [-0.1, -0.05) is 25.8 Å². The molecule has 0 aromatic heterocycles. The minimum atomic E-state index is -0.0743. The number of hydrogen-bond donors (Lipinski definition) is 2. The summed E-state index contributed by atoms with van der Waals surface area (Å²) in [6.07, 6.45) is 2.52. The monoisotopic (exact) mass is 259 g/mol. The van der Waals surface area contributed by atoms with Gasteiger partial charge in [-0.05, 0) is 13.3 Å². The van der Waals surface area contributed by atoms with Gasteiger partial charge in [0.2, 0.25) is 0 Å². The quantitative estimate of drug-likeness (QED) is 0.537. The summed E-state index contributed by atoms with van der Waals surface area (Å²) >= 11 is 3.96. The number of hydrogen-bond acceptors (Lipinski definition) is 4. The molecular formula is C11H21N3O2S. The van der Waals surface area contributed by atoms with Gasteiger partial charge >= 0.3 is 6.03 Å². The maximum Gasteiger partial charge on any atom is 0.344 e. The third-order valence-electron chi connectivity index (χ3n) is 2.89. The Bertz CT molecular complexity index is 275. The van der Waals surface area contributed by atoms with E-state index in [1.54, 1.807) is 11.0 Å². The third-order valence-corrected chi connectivity index (χ3v) is 3.08. The molecule has 0 aromatic carbocycles. The van der Waals surface area contributed by atoms with Crippen molar-refractivity contribution in [2.24, 2.45) is 0 Å². The standard InChI is InChI=1S/C11H21N3O2S/c1-4-6-16-14-10(5-2)8-13(11(14)15)9(3)7-12-17/h4,9-10,12,17H,1,5-8H2,2-3H3. The first-order valence-corrected chi connectivity index (χ1v) is 6.31. The van der Waals surface area contributed by atoms with Crippen LogP contribution in [0.5, 0.6) is 0 Å². The first kappa shape index (κ1) is 14.3. The summed E-state index contributed by atoms with van der Waals surface area (Å²) in [4.78, 5) is 19.4. The Morgan fingerprint density at radius 2 is 2.47 bits per heavy atom. The molecule has 2 amide bonds. The molecule has 0 bridgehead atoms. The van der Waals surface area contributed by atoms with E-state index in [4.69, 9.17) is 4.84 Å². The van der Waals surface area contributed by atoms with Gasteiger partial charge in [-0.3, -0.25) is 9.56 Å². The van der Waals surface area contributed by atoms with E-state index in [-0.39, 0.29) is 18.1 Å². The van der Waals surface area contributed by atoms with Crippen molar-refractivity contribution in [1.82, 2.24) is 14.7 Å². The Balaban J connectivity index is 2.66. The minimum Gasteiger partial charge on any atom is -0.317 e. The molecule has 2 atom stereocenters. The molecule has 0 spiro atoms. The van der Waals surface area contributed by atoms with E-state index in [0.29, 0.717) is 19.7 Å². The SMILES string of the molecule is C=CCON1C(=O)N(C(C)CNS)CC1CC. The molecule has 1 rings (SSSR count). The largest absolute Gasteiger partial charge is 0.344 e. The summed E-state index contributed by atoms with van der Waals surface area (Å²) in [5.41, 5.74) is 0. The minimum absolute atomic E-state index is 0.0743. The molecule has 0 radical (unpaired) electrons. The predicted octanol–water partition coefficient (Wildman–Crippen LogP) is 1.44. The Labute approximate surface area is 108 Å². The van der Waals surface area contributed by atoms with Gasteiger partial charge in [-0.15, -0.1) is 6.58 Å². The smallest absolute Gasteiger partial charge is 0.317 e. The zero-order chi connectivity index (χ0) is 12.8. The van der Waals surface area contributed by atoms with Gasteiger partial charge < -0.3 is 4.90 Å². The molecule has 17 heavy (non-hydrogen) atoms. The molecule has 1 N–H and O–H groups in total. The highest BCUT2D eigenvalue weighted by molar-refractivity contribution is 7.78. The van der Waals surface area contributed by atoms with Gasteiger partial charge in [0.1, 0.15) is 0 Å². The maximum atomic E-state index is 12.1. The molecule has 5 nitrogen and oxygen atoms in total. The van der Waals surface area contributed by atoms with Crippen LogP contribution in [0.15, 0.2) is 12.7 Å². The van der Waals surface area contributed by atoms with Crippen LogP contribution in [0.4, 0.5) is 4.79 Å². The third kappa shape index (κ3) is 3.37. The van der Waals surface area contributed by atoms with Crippen LogP contribution in [0.25, 0.3) is 0 Å². The van der Waals surface area contributed by atoms with Gasteiger partial charge in [0.25, 0.3) is 0 Å². The van der Waals surface area contributed by atoms with Gasteiger partial charge in [0.15, 0.2) is 0 Å². The number of amides is 2. The maximum absolute atomic E-state index is 12.1. The van der Waals surface area contributed by atoms with Crippen LogP contribution < -0.4 is 4.72 Å². The Hall–Kier alpha value is -0.720. The van der Waals surface area contributed by atoms with Gasteiger partial charge in [0.05, 0.1) is 12.6 Å². The van der Waals surface area contributed by atoms with E-state index in [0.717, 1.165) is 6.42 Å². The lowest BCUT2D eigenvalue weighted by atomic mass is 10.2. The lowest BCUT2D eigenvalue weighted by molar-refractivity contribution is -0.118. The molecule has 0 aromatic rings. The molecule has 6 heteroatoms. The summed E-state index contributed by atoms with van der Waals surface area (Å²) in [5, 5.41) is 1.47. The molecule has 2 unspecified atom stereocenters. The van der Waals surface area contributed by atoms with E-state index in [9.17, 15) is 4.79 Å². The van der Waals surface area contributed by atoms with E-state index in [1.807, 2.05) is 13.8 Å². The van der Waals surface area contributed by atoms with Crippen LogP contribution in [0.2, 0.25) is 0 Å². The number of nitrogens with zero attached hydrogens (tertiary/aromatic N) is 2. The second kappa shape index (κ2) is 6.88. The summed E-state index contributed by atoms with van der Waals surface area (Å²) < 4.78 is 2.78. The van der Waals surface area contributed by atoms with Crippen molar-refractivity contribution in [3.05, 3.63) is 12.7 Å². The van der Waals surface area contributed by atoms with Crippen LogP contribution in [0, 0.1) is 0 Å². The van der Waals surface area contributed by atoms with Crippen LogP contribution in [0.3, 0.4) is 0 Å². The molecule has 0 saturated carbocycles. The number of hydroxylamine groups is 2.